The van der Waals surface area contributed by atoms with Gasteiger partial charge >= 0.3 is 0 Å². The lowest BCUT2D eigenvalue weighted by Crippen LogP contribution is -2.19. The zero-order chi connectivity index (χ0) is 9.68. The summed E-state index contributed by atoms with van der Waals surface area (Å²) in [6.07, 6.45) is 0. The van der Waals surface area contributed by atoms with E-state index in [2.05, 4.69) is 17.2 Å². The minimum atomic E-state index is -0.0448. The molecule has 0 saturated heterocycles. The van der Waals surface area contributed by atoms with Crippen molar-refractivity contribution in [3.05, 3.63) is 21.9 Å². The van der Waals surface area contributed by atoms with Crippen molar-refractivity contribution in [3.8, 4) is 11.8 Å². The number of hydrogen-bond acceptors (Lipinski definition) is 2. The summed E-state index contributed by atoms with van der Waals surface area (Å²) in [6, 6.07) is 4.02. The second kappa shape index (κ2) is 4.68. The summed E-state index contributed by atoms with van der Waals surface area (Å²) in [5.41, 5.74) is 0. The van der Waals surface area contributed by atoms with Crippen LogP contribution in [0.4, 0.5) is 0 Å². The Morgan fingerprint density at radius 3 is 2.92 bits per heavy atom. The van der Waals surface area contributed by atoms with Gasteiger partial charge in [-0.1, -0.05) is 11.8 Å². The van der Waals surface area contributed by atoms with Crippen LogP contribution < -0.4 is 5.32 Å². The fourth-order valence-corrected chi connectivity index (χ4v) is 1.54. The third-order valence-corrected chi connectivity index (χ3v) is 2.29. The van der Waals surface area contributed by atoms with Gasteiger partial charge in [-0.3, -0.25) is 4.79 Å². The maximum absolute atomic E-state index is 10.5. The highest BCUT2D eigenvalue weighted by Gasteiger charge is 1.90. The van der Waals surface area contributed by atoms with Crippen LogP contribution in [-0.2, 0) is 4.79 Å². The van der Waals surface area contributed by atoms with Crippen LogP contribution in [0.2, 0.25) is 0 Å². The summed E-state index contributed by atoms with van der Waals surface area (Å²) < 4.78 is 0. The zero-order valence-electron chi connectivity index (χ0n) is 7.68. The predicted octanol–water partition coefficient (Wildman–Crippen LogP) is 1.54. The van der Waals surface area contributed by atoms with Gasteiger partial charge < -0.3 is 5.32 Å². The third kappa shape index (κ3) is 3.77. The minimum Gasteiger partial charge on any atom is -0.345 e. The van der Waals surface area contributed by atoms with E-state index in [0.717, 1.165) is 4.88 Å². The predicted molar refractivity (Wildman–Crippen MR) is 54.6 cm³/mol. The molecule has 0 saturated carbocycles. The van der Waals surface area contributed by atoms with Crippen LogP contribution in [0.5, 0.6) is 0 Å². The van der Waals surface area contributed by atoms with Crippen LogP contribution in [-0.4, -0.2) is 12.5 Å². The lowest BCUT2D eigenvalue weighted by molar-refractivity contribution is -0.118. The van der Waals surface area contributed by atoms with E-state index >= 15 is 0 Å². The number of thiophene rings is 1. The molecule has 1 rings (SSSR count). The molecule has 1 amide bonds. The first kappa shape index (κ1) is 9.82. The summed E-state index contributed by atoms with van der Waals surface area (Å²) in [6.45, 7) is 3.95. The van der Waals surface area contributed by atoms with Gasteiger partial charge in [-0.2, -0.15) is 0 Å². The molecular formula is C10H11NOS. The second-order valence-corrected chi connectivity index (χ2v) is 3.91. The third-order valence-electron chi connectivity index (χ3n) is 1.38. The molecule has 1 heterocycles. The van der Waals surface area contributed by atoms with Gasteiger partial charge in [0.15, 0.2) is 0 Å². The molecule has 0 spiro atoms. The lowest BCUT2D eigenvalue weighted by atomic mass is 10.4. The minimum absolute atomic E-state index is 0.0448. The molecule has 13 heavy (non-hydrogen) atoms. The highest BCUT2D eigenvalue weighted by Crippen LogP contribution is 2.12. The Morgan fingerprint density at radius 2 is 2.38 bits per heavy atom. The fourth-order valence-electron chi connectivity index (χ4n) is 0.802. The topological polar surface area (TPSA) is 29.1 Å². The highest BCUT2D eigenvalue weighted by molar-refractivity contribution is 7.12. The van der Waals surface area contributed by atoms with E-state index in [1.54, 1.807) is 11.3 Å². The second-order valence-electron chi connectivity index (χ2n) is 2.62. The Morgan fingerprint density at radius 1 is 1.62 bits per heavy atom. The molecule has 0 aromatic carbocycles. The molecule has 0 aliphatic carbocycles. The molecule has 68 valence electrons. The van der Waals surface area contributed by atoms with Crippen LogP contribution in [0.25, 0.3) is 0 Å². The van der Waals surface area contributed by atoms with Gasteiger partial charge in [-0.25, -0.2) is 0 Å². The van der Waals surface area contributed by atoms with Crippen molar-refractivity contribution < 1.29 is 4.79 Å². The first-order chi connectivity index (χ1) is 6.18. The Labute approximate surface area is 82.0 Å². The summed E-state index contributed by atoms with van der Waals surface area (Å²) in [7, 11) is 0. The maximum atomic E-state index is 10.5. The number of amides is 1. The van der Waals surface area contributed by atoms with Crippen LogP contribution in [0.15, 0.2) is 12.1 Å². The first-order valence-electron chi connectivity index (χ1n) is 3.98. The number of aryl methyl sites for hydroxylation is 1. The van der Waals surface area contributed by atoms with Crippen LogP contribution in [0.3, 0.4) is 0 Å². The standard InChI is InChI=1S/C10H11NOS/c1-8-5-6-10(13-8)4-3-7-11-9(2)12/h5-6H,7H2,1-2H3,(H,11,12). The smallest absolute Gasteiger partial charge is 0.217 e. The quantitative estimate of drug-likeness (QED) is 0.673. The average Bonchev–Trinajstić information content (AvgIpc) is 2.45. The molecule has 0 radical (unpaired) electrons. The van der Waals surface area contributed by atoms with Gasteiger partial charge in [0, 0.05) is 11.8 Å². The van der Waals surface area contributed by atoms with Crippen molar-refractivity contribution in [2.75, 3.05) is 6.54 Å². The molecule has 0 aliphatic rings. The lowest BCUT2D eigenvalue weighted by Gasteiger charge is -1.90. The van der Waals surface area contributed by atoms with Crippen molar-refractivity contribution in [3.63, 3.8) is 0 Å². The molecule has 0 unspecified atom stereocenters. The van der Waals surface area contributed by atoms with Crippen molar-refractivity contribution >= 4 is 17.2 Å². The summed E-state index contributed by atoms with van der Waals surface area (Å²) in [5, 5.41) is 2.61. The zero-order valence-corrected chi connectivity index (χ0v) is 8.49. The van der Waals surface area contributed by atoms with Crippen molar-refractivity contribution in [2.45, 2.75) is 13.8 Å². The Bertz CT molecular complexity index is 356. The molecule has 1 aromatic rings. The number of hydrogen-bond donors (Lipinski definition) is 1. The van der Waals surface area contributed by atoms with Gasteiger partial charge in [0.05, 0.1) is 11.4 Å². The monoisotopic (exact) mass is 193 g/mol. The van der Waals surface area contributed by atoms with Crippen molar-refractivity contribution in [1.82, 2.24) is 5.32 Å². The molecule has 0 aliphatic heterocycles. The summed E-state index contributed by atoms with van der Waals surface area (Å²) >= 11 is 1.66. The fraction of sp³-hybridized carbons (Fsp3) is 0.300. The van der Waals surface area contributed by atoms with E-state index in [-0.39, 0.29) is 5.91 Å². The van der Waals surface area contributed by atoms with Gasteiger partial charge in [0.25, 0.3) is 0 Å². The molecule has 0 bridgehead atoms. The van der Waals surface area contributed by atoms with Gasteiger partial charge in [0.1, 0.15) is 0 Å². The molecule has 3 heteroatoms. The van der Waals surface area contributed by atoms with E-state index in [1.807, 2.05) is 19.1 Å². The van der Waals surface area contributed by atoms with Gasteiger partial charge in [-0.15, -0.1) is 11.3 Å². The van der Waals surface area contributed by atoms with E-state index in [9.17, 15) is 4.79 Å². The van der Waals surface area contributed by atoms with E-state index in [0.29, 0.717) is 6.54 Å². The maximum Gasteiger partial charge on any atom is 0.217 e. The van der Waals surface area contributed by atoms with E-state index in [1.165, 1.54) is 11.8 Å². The van der Waals surface area contributed by atoms with Gasteiger partial charge in [0.2, 0.25) is 5.91 Å². The number of nitrogens with one attached hydrogen (secondary N) is 1. The van der Waals surface area contributed by atoms with Crippen molar-refractivity contribution in [2.24, 2.45) is 0 Å². The molecule has 1 aromatic heterocycles. The molecular weight excluding hydrogens is 182 g/mol. The first-order valence-corrected chi connectivity index (χ1v) is 4.80. The normalized spacial score (nSPS) is 8.77. The molecule has 2 nitrogen and oxygen atoms in total. The number of rotatable bonds is 1. The highest BCUT2D eigenvalue weighted by atomic mass is 32.1. The van der Waals surface area contributed by atoms with E-state index < -0.39 is 0 Å². The molecule has 0 atom stereocenters. The average molecular weight is 193 g/mol. The van der Waals surface area contributed by atoms with Crippen molar-refractivity contribution in [1.29, 1.82) is 0 Å². The SMILES string of the molecule is CC(=O)NCC#Cc1ccc(C)s1. The summed E-state index contributed by atoms with van der Waals surface area (Å²) in [5.74, 6) is 5.80. The Hall–Kier alpha value is -1.27. The largest absolute Gasteiger partial charge is 0.345 e. The van der Waals surface area contributed by atoms with Crippen LogP contribution >= 0.6 is 11.3 Å². The number of carbonyl (C=O) groups excluding carboxylic acids is 1. The van der Waals surface area contributed by atoms with Crippen LogP contribution in [0.1, 0.15) is 16.7 Å². The molecule has 0 fully saturated rings. The summed E-state index contributed by atoms with van der Waals surface area (Å²) in [4.78, 5) is 12.8. The van der Waals surface area contributed by atoms with Gasteiger partial charge in [-0.05, 0) is 19.1 Å². The molecule has 1 N–H and O–H groups in total. The number of carbonyl (C=O) groups is 1. The Balaban J connectivity index is 2.44. The Kier molecular flexibility index (Phi) is 3.53. The van der Waals surface area contributed by atoms with Crippen LogP contribution in [0, 0.1) is 18.8 Å². The van der Waals surface area contributed by atoms with E-state index in [4.69, 9.17) is 0 Å².